The van der Waals surface area contributed by atoms with Crippen molar-refractivity contribution in [1.29, 1.82) is 0 Å². The van der Waals surface area contributed by atoms with Crippen LogP contribution in [0.2, 0.25) is 0 Å². The molecule has 2 N–H and O–H groups in total. The fourth-order valence-corrected chi connectivity index (χ4v) is 2.36. The second-order valence-electron chi connectivity index (χ2n) is 6.23. The predicted octanol–water partition coefficient (Wildman–Crippen LogP) is 3.42. The molecular formula is C14H23N3. The monoisotopic (exact) mass is 233 g/mol. The van der Waals surface area contributed by atoms with E-state index in [-0.39, 0.29) is 0 Å². The van der Waals surface area contributed by atoms with Gasteiger partial charge < -0.3 is 10.6 Å². The van der Waals surface area contributed by atoms with Gasteiger partial charge in [-0.15, -0.1) is 0 Å². The van der Waals surface area contributed by atoms with Crippen molar-refractivity contribution in [2.24, 2.45) is 5.41 Å². The van der Waals surface area contributed by atoms with Gasteiger partial charge in [0.2, 0.25) is 0 Å². The molecule has 17 heavy (non-hydrogen) atoms. The fourth-order valence-electron chi connectivity index (χ4n) is 2.36. The van der Waals surface area contributed by atoms with Crippen LogP contribution in [0, 0.1) is 12.3 Å². The van der Waals surface area contributed by atoms with Gasteiger partial charge in [-0.3, -0.25) is 0 Å². The van der Waals surface area contributed by atoms with E-state index in [1.165, 1.54) is 12.0 Å². The number of anilines is 2. The van der Waals surface area contributed by atoms with Gasteiger partial charge in [-0.2, -0.15) is 0 Å². The third-order valence-corrected chi connectivity index (χ3v) is 3.03. The van der Waals surface area contributed by atoms with Crippen molar-refractivity contribution in [3.63, 3.8) is 0 Å². The second-order valence-corrected chi connectivity index (χ2v) is 6.23. The molecule has 0 radical (unpaired) electrons. The minimum atomic E-state index is 0.354. The highest BCUT2D eigenvalue weighted by molar-refractivity contribution is 5.66. The number of fused-ring (bicyclic) bond motifs is 1. The molecule has 0 saturated carbocycles. The molecule has 1 atom stereocenters. The SMILES string of the molecule is Cc1cnc2c(c1)NCCC(CC(C)(C)C)N2. The van der Waals surface area contributed by atoms with Crippen LogP contribution in [0.3, 0.4) is 0 Å². The highest BCUT2D eigenvalue weighted by Gasteiger charge is 2.21. The molecule has 0 saturated heterocycles. The van der Waals surface area contributed by atoms with Crippen LogP contribution in [-0.2, 0) is 0 Å². The smallest absolute Gasteiger partial charge is 0.149 e. The largest absolute Gasteiger partial charge is 0.382 e. The van der Waals surface area contributed by atoms with Gasteiger partial charge in [0.15, 0.2) is 0 Å². The number of hydrogen-bond donors (Lipinski definition) is 2. The number of hydrogen-bond acceptors (Lipinski definition) is 3. The van der Waals surface area contributed by atoms with Crippen LogP contribution >= 0.6 is 0 Å². The number of aryl methyl sites for hydroxylation is 1. The number of nitrogens with one attached hydrogen (secondary N) is 2. The lowest BCUT2D eigenvalue weighted by molar-refractivity contribution is 0.345. The summed E-state index contributed by atoms with van der Waals surface area (Å²) in [6.45, 7) is 9.96. The molecule has 1 aliphatic rings. The first-order valence-electron chi connectivity index (χ1n) is 6.41. The molecule has 3 heteroatoms. The molecule has 1 aliphatic heterocycles. The van der Waals surface area contributed by atoms with Gasteiger partial charge in [-0.25, -0.2) is 4.98 Å². The van der Waals surface area contributed by atoms with Crippen molar-refractivity contribution in [2.75, 3.05) is 17.2 Å². The zero-order valence-corrected chi connectivity index (χ0v) is 11.3. The maximum atomic E-state index is 4.49. The van der Waals surface area contributed by atoms with Crippen molar-refractivity contribution < 1.29 is 0 Å². The Hall–Kier alpha value is -1.25. The molecule has 0 bridgehead atoms. The normalized spacial score (nSPS) is 19.9. The molecule has 1 aromatic rings. The predicted molar refractivity (Wildman–Crippen MR) is 73.6 cm³/mol. The molecule has 0 amide bonds. The van der Waals surface area contributed by atoms with Crippen LogP contribution in [0.5, 0.6) is 0 Å². The Balaban J connectivity index is 2.14. The maximum Gasteiger partial charge on any atom is 0.149 e. The summed E-state index contributed by atoms with van der Waals surface area (Å²) < 4.78 is 0. The number of pyridine rings is 1. The maximum absolute atomic E-state index is 4.49. The average Bonchev–Trinajstić information content (AvgIpc) is 2.36. The summed E-state index contributed by atoms with van der Waals surface area (Å²) in [7, 11) is 0. The summed E-state index contributed by atoms with van der Waals surface area (Å²) >= 11 is 0. The summed E-state index contributed by atoms with van der Waals surface area (Å²) in [5, 5.41) is 7.03. The minimum absolute atomic E-state index is 0.354. The third kappa shape index (κ3) is 3.35. The van der Waals surface area contributed by atoms with Crippen molar-refractivity contribution in [2.45, 2.75) is 46.6 Å². The highest BCUT2D eigenvalue weighted by atomic mass is 15.1. The van der Waals surface area contributed by atoms with Crippen molar-refractivity contribution >= 4 is 11.5 Å². The van der Waals surface area contributed by atoms with Gasteiger partial charge in [0.05, 0.1) is 5.69 Å². The Kier molecular flexibility index (Phi) is 3.27. The molecule has 0 aliphatic carbocycles. The lowest BCUT2D eigenvalue weighted by Crippen LogP contribution is -2.26. The zero-order valence-electron chi connectivity index (χ0n) is 11.3. The minimum Gasteiger partial charge on any atom is -0.382 e. The molecule has 2 rings (SSSR count). The third-order valence-electron chi connectivity index (χ3n) is 3.03. The van der Waals surface area contributed by atoms with Crippen LogP contribution in [0.25, 0.3) is 0 Å². The summed E-state index contributed by atoms with van der Waals surface area (Å²) in [5.74, 6) is 1.00. The second kappa shape index (κ2) is 4.55. The van der Waals surface area contributed by atoms with Gasteiger partial charge in [0.25, 0.3) is 0 Å². The fraction of sp³-hybridized carbons (Fsp3) is 0.643. The molecular weight excluding hydrogens is 210 g/mol. The quantitative estimate of drug-likeness (QED) is 0.780. The van der Waals surface area contributed by atoms with E-state index in [4.69, 9.17) is 0 Å². The van der Waals surface area contributed by atoms with Crippen molar-refractivity contribution in [3.8, 4) is 0 Å². The molecule has 2 heterocycles. The van der Waals surface area contributed by atoms with Gasteiger partial charge in [0.1, 0.15) is 5.82 Å². The standard InChI is InChI=1S/C14H23N3/c1-10-7-12-13(16-9-10)17-11(5-6-15-12)8-14(2,3)4/h7,9,11,15H,5-6,8H2,1-4H3,(H,16,17). The van der Waals surface area contributed by atoms with E-state index >= 15 is 0 Å². The number of nitrogens with zero attached hydrogens (tertiary/aromatic N) is 1. The first-order chi connectivity index (χ1) is 7.94. The van der Waals surface area contributed by atoms with E-state index in [0.717, 1.165) is 24.5 Å². The Morgan fingerprint density at radius 1 is 1.41 bits per heavy atom. The van der Waals surface area contributed by atoms with E-state index in [2.05, 4.69) is 49.4 Å². The number of rotatable bonds is 1. The van der Waals surface area contributed by atoms with Gasteiger partial charge in [-0.05, 0) is 36.8 Å². The van der Waals surface area contributed by atoms with E-state index in [1.807, 2.05) is 6.20 Å². The van der Waals surface area contributed by atoms with E-state index in [0.29, 0.717) is 11.5 Å². The summed E-state index contributed by atoms with van der Waals surface area (Å²) in [6, 6.07) is 2.67. The van der Waals surface area contributed by atoms with E-state index < -0.39 is 0 Å². The van der Waals surface area contributed by atoms with Gasteiger partial charge in [-0.1, -0.05) is 20.8 Å². The van der Waals surface area contributed by atoms with E-state index in [9.17, 15) is 0 Å². The van der Waals surface area contributed by atoms with Crippen molar-refractivity contribution in [1.82, 2.24) is 4.98 Å². The molecule has 0 fully saturated rings. The highest BCUT2D eigenvalue weighted by Crippen LogP contribution is 2.29. The molecule has 3 nitrogen and oxygen atoms in total. The van der Waals surface area contributed by atoms with Gasteiger partial charge >= 0.3 is 0 Å². The summed E-state index contributed by atoms with van der Waals surface area (Å²) in [6.07, 6.45) is 4.24. The first kappa shape index (κ1) is 12.2. The van der Waals surface area contributed by atoms with Crippen LogP contribution in [-0.4, -0.2) is 17.6 Å². The Bertz CT molecular complexity index is 393. The lowest BCUT2D eigenvalue weighted by Gasteiger charge is -2.25. The van der Waals surface area contributed by atoms with Crippen molar-refractivity contribution in [3.05, 3.63) is 17.8 Å². The zero-order chi connectivity index (χ0) is 12.5. The first-order valence-corrected chi connectivity index (χ1v) is 6.41. The lowest BCUT2D eigenvalue weighted by atomic mass is 9.87. The van der Waals surface area contributed by atoms with Crippen LogP contribution in [0.1, 0.15) is 39.2 Å². The van der Waals surface area contributed by atoms with Crippen LogP contribution in [0.15, 0.2) is 12.3 Å². The van der Waals surface area contributed by atoms with E-state index in [1.54, 1.807) is 0 Å². The molecule has 94 valence electrons. The molecule has 1 aromatic heterocycles. The molecule has 1 unspecified atom stereocenters. The Morgan fingerprint density at radius 3 is 2.88 bits per heavy atom. The number of aromatic nitrogens is 1. The molecule has 0 spiro atoms. The van der Waals surface area contributed by atoms with Crippen LogP contribution in [0.4, 0.5) is 11.5 Å². The van der Waals surface area contributed by atoms with Crippen LogP contribution < -0.4 is 10.6 Å². The Morgan fingerprint density at radius 2 is 2.18 bits per heavy atom. The summed E-state index contributed by atoms with van der Waals surface area (Å²) in [4.78, 5) is 4.49. The topological polar surface area (TPSA) is 37.0 Å². The summed E-state index contributed by atoms with van der Waals surface area (Å²) in [5.41, 5.74) is 2.70. The molecule has 0 aromatic carbocycles. The van der Waals surface area contributed by atoms with Gasteiger partial charge in [0, 0.05) is 18.8 Å². The average molecular weight is 233 g/mol. The Labute approximate surface area is 104 Å².